The molecule has 0 aliphatic heterocycles. The standard InChI is InChI=1S/C16H25N3O/c1-12-6-5-7-13(2)15(12)10-19(11-16(17)18-20)14-8-3-4-9-14/h5-7,14,20H,3-4,8-11H2,1-2H3,(H2,17,18). The van der Waals surface area contributed by atoms with Gasteiger partial charge in [0.25, 0.3) is 0 Å². The molecule has 0 saturated heterocycles. The van der Waals surface area contributed by atoms with Crippen LogP contribution in [0.5, 0.6) is 0 Å². The lowest BCUT2D eigenvalue weighted by atomic mass is 10.0. The van der Waals surface area contributed by atoms with E-state index in [1.807, 2.05) is 0 Å². The zero-order chi connectivity index (χ0) is 14.5. The van der Waals surface area contributed by atoms with Gasteiger partial charge in [0.15, 0.2) is 5.84 Å². The maximum absolute atomic E-state index is 8.84. The van der Waals surface area contributed by atoms with Crippen LogP contribution in [0.3, 0.4) is 0 Å². The van der Waals surface area contributed by atoms with E-state index in [0.29, 0.717) is 18.4 Å². The van der Waals surface area contributed by atoms with Crippen LogP contribution in [0.4, 0.5) is 0 Å². The monoisotopic (exact) mass is 275 g/mol. The Labute approximate surface area is 121 Å². The summed E-state index contributed by atoms with van der Waals surface area (Å²) in [6.07, 6.45) is 4.99. The number of oxime groups is 1. The minimum Gasteiger partial charge on any atom is -0.409 e. The van der Waals surface area contributed by atoms with Crippen molar-refractivity contribution in [1.29, 1.82) is 0 Å². The average molecular weight is 275 g/mol. The van der Waals surface area contributed by atoms with Crippen molar-refractivity contribution in [2.45, 2.75) is 52.1 Å². The normalized spacial score (nSPS) is 17.1. The van der Waals surface area contributed by atoms with Gasteiger partial charge in [-0.05, 0) is 43.4 Å². The van der Waals surface area contributed by atoms with Crippen molar-refractivity contribution in [3.05, 3.63) is 34.9 Å². The van der Waals surface area contributed by atoms with Crippen LogP contribution < -0.4 is 5.73 Å². The van der Waals surface area contributed by atoms with Gasteiger partial charge in [0.2, 0.25) is 0 Å². The van der Waals surface area contributed by atoms with E-state index in [2.05, 4.69) is 42.1 Å². The summed E-state index contributed by atoms with van der Waals surface area (Å²) in [6, 6.07) is 6.95. The van der Waals surface area contributed by atoms with Crippen LogP contribution in [0, 0.1) is 13.8 Å². The first kappa shape index (κ1) is 14.9. The molecule has 0 bridgehead atoms. The molecule has 1 saturated carbocycles. The second-order valence-electron chi connectivity index (χ2n) is 5.80. The molecule has 110 valence electrons. The summed E-state index contributed by atoms with van der Waals surface area (Å²) in [5, 5.41) is 12.0. The maximum Gasteiger partial charge on any atom is 0.153 e. The molecule has 0 aromatic heterocycles. The van der Waals surface area contributed by atoms with Crippen LogP contribution in [0.25, 0.3) is 0 Å². The molecule has 4 heteroatoms. The van der Waals surface area contributed by atoms with Crippen molar-refractivity contribution in [3.63, 3.8) is 0 Å². The molecular weight excluding hydrogens is 250 g/mol. The molecule has 0 heterocycles. The van der Waals surface area contributed by atoms with Crippen molar-refractivity contribution < 1.29 is 5.21 Å². The Bertz CT molecular complexity index is 458. The van der Waals surface area contributed by atoms with Gasteiger partial charge in [0.05, 0.1) is 6.54 Å². The summed E-state index contributed by atoms with van der Waals surface area (Å²) in [5.74, 6) is 0.295. The Morgan fingerprint density at radius 1 is 1.30 bits per heavy atom. The highest BCUT2D eigenvalue weighted by Gasteiger charge is 2.24. The summed E-state index contributed by atoms with van der Waals surface area (Å²) in [5.41, 5.74) is 9.72. The van der Waals surface area contributed by atoms with E-state index in [1.54, 1.807) is 0 Å². The fourth-order valence-electron chi connectivity index (χ4n) is 3.12. The predicted octanol–water partition coefficient (Wildman–Crippen LogP) is 2.79. The molecule has 1 aliphatic carbocycles. The molecule has 0 amide bonds. The zero-order valence-corrected chi connectivity index (χ0v) is 12.5. The lowest BCUT2D eigenvalue weighted by molar-refractivity contribution is 0.213. The smallest absolute Gasteiger partial charge is 0.153 e. The number of aryl methyl sites for hydroxylation is 2. The molecule has 0 unspecified atom stereocenters. The number of hydrogen-bond donors (Lipinski definition) is 2. The van der Waals surface area contributed by atoms with Crippen molar-refractivity contribution >= 4 is 5.84 Å². The quantitative estimate of drug-likeness (QED) is 0.376. The highest BCUT2D eigenvalue weighted by Crippen LogP contribution is 2.26. The van der Waals surface area contributed by atoms with Crippen LogP contribution >= 0.6 is 0 Å². The van der Waals surface area contributed by atoms with Crippen LogP contribution in [-0.2, 0) is 6.54 Å². The molecule has 0 spiro atoms. The minimum absolute atomic E-state index is 0.295. The Morgan fingerprint density at radius 3 is 2.45 bits per heavy atom. The molecule has 2 rings (SSSR count). The fraction of sp³-hybridized carbons (Fsp3) is 0.562. The molecule has 1 aliphatic rings. The Morgan fingerprint density at radius 2 is 1.90 bits per heavy atom. The van der Waals surface area contributed by atoms with Crippen molar-refractivity contribution in [2.24, 2.45) is 10.9 Å². The average Bonchev–Trinajstić information content (AvgIpc) is 2.95. The third-order valence-electron chi connectivity index (χ3n) is 4.34. The van der Waals surface area contributed by atoms with E-state index >= 15 is 0 Å². The Balaban J connectivity index is 2.18. The summed E-state index contributed by atoms with van der Waals surface area (Å²) < 4.78 is 0. The maximum atomic E-state index is 8.84. The van der Waals surface area contributed by atoms with E-state index < -0.39 is 0 Å². The van der Waals surface area contributed by atoms with Crippen molar-refractivity contribution in [1.82, 2.24) is 4.90 Å². The third-order valence-corrected chi connectivity index (χ3v) is 4.34. The Kier molecular flexibility index (Phi) is 5.01. The van der Waals surface area contributed by atoms with Gasteiger partial charge in [-0.3, -0.25) is 4.90 Å². The summed E-state index contributed by atoms with van der Waals surface area (Å²) in [6.45, 7) is 5.71. The first-order valence-corrected chi connectivity index (χ1v) is 7.37. The molecular formula is C16H25N3O. The lowest BCUT2D eigenvalue weighted by Crippen LogP contribution is -2.40. The number of nitrogens with two attached hydrogens (primary N) is 1. The number of rotatable bonds is 5. The molecule has 20 heavy (non-hydrogen) atoms. The first-order chi connectivity index (χ1) is 9.61. The second-order valence-corrected chi connectivity index (χ2v) is 5.80. The van der Waals surface area contributed by atoms with Gasteiger partial charge in [-0.15, -0.1) is 0 Å². The lowest BCUT2D eigenvalue weighted by Gasteiger charge is -2.29. The molecule has 4 nitrogen and oxygen atoms in total. The van der Waals surface area contributed by atoms with Crippen LogP contribution in [0.1, 0.15) is 42.4 Å². The van der Waals surface area contributed by atoms with E-state index in [4.69, 9.17) is 10.9 Å². The molecule has 1 fully saturated rings. The van der Waals surface area contributed by atoms with Gasteiger partial charge >= 0.3 is 0 Å². The number of hydrogen-bond acceptors (Lipinski definition) is 3. The SMILES string of the molecule is Cc1cccc(C)c1CN(C/C(N)=N/O)C1CCCC1. The highest BCUT2D eigenvalue weighted by atomic mass is 16.4. The van der Waals surface area contributed by atoms with Gasteiger partial charge in [0.1, 0.15) is 0 Å². The van der Waals surface area contributed by atoms with Crippen molar-refractivity contribution in [2.75, 3.05) is 6.54 Å². The fourth-order valence-corrected chi connectivity index (χ4v) is 3.12. The summed E-state index contributed by atoms with van der Waals surface area (Å²) in [4.78, 5) is 2.36. The van der Waals surface area contributed by atoms with E-state index in [0.717, 1.165) is 6.54 Å². The van der Waals surface area contributed by atoms with E-state index in [1.165, 1.54) is 42.4 Å². The number of amidine groups is 1. The number of benzene rings is 1. The minimum atomic E-state index is 0.295. The zero-order valence-electron chi connectivity index (χ0n) is 12.5. The van der Waals surface area contributed by atoms with E-state index in [-0.39, 0.29) is 0 Å². The molecule has 3 N–H and O–H groups in total. The largest absolute Gasteiger partial charge is 0.409 e. The van der Waals surface area contributed by atoms with Gasteiger partial charge in [-0.25, -0.2) is 0 Å². The molecule has 1 aromatic carbocycles. The second kappa shape index (κ2) is 6.75. The summed E-state index contributed by atoms with van der Waals surface area (Å²) >= 11 is 0. The van der Waals surface area contributed by atoms with Crippen LogP contribution in [-0.4, -0.2) is 28.5 Å². The van der Waals surface area contributed by atoms with Gasteiger partial charge in [-0.2, -0.15) is 0 Å². The number of nitrogens with zero attached hydrogens (tertiary/aromatic N) is 2. The van der Waals surface area contributed by atoms with Gasteiger partial charge < -0.3 is 10.9 Å². The molecule has 0 atom stereocenters. The molecule has 1 aromatic rings. The first-order valence-electron chi connectivity index (χ1n) is 7.37. The van der Waals surface area contributed by atoms with Crippen LogP contribution in [0.15, 0.2) is 23.4 Å². The predicted molar refractivity (Wildman–Crippen MR) is 82.0 cm³/mol. The van der Waals surface area contributed by atoms with Crippen molar-refractivity contribution in [3.8, 4) is 0 Å². The third kappa shape index (κ3) is 3.51. The Hall–Kier alpha value is -1.55. The summed E-state index contributed by atoms with van der Waals surface area (Å²) in [7, 11) is 0. The van der Waals surface area contributed by atoms with Gasteiger partial charge in [-0.1, -0.05) is 36.2 Å². The van der Waals surface area contributed by atoms with E-state index in [9.17, 15) is 0 Å². The molecule has 0 radical (unpaired) electrons. The highest BCUT2D eigenvalue weighted by molar-refractivity contribution is 5.81. The van der Waals surface area contributed by atoms with Crippen LogP contribution in [0.2, 0.25) is 0 Å². The van der Waals surface area contributed by atoms with Gasteiger partial charge in [0, 0.05) is 12.6 Å². The topological polar surface area (TPSA) is 61.8 Å².